The number of amides is 1. The fraction of sp³-hybridized carbons (Fsp3) is 0.0417. The van der Waals surface area contributed by atoms with Gasteiger partial charge in [-0.2, -0.15) is 4.98 Å². The number of hydrogen-bond acceptors (Lipinski definition) is 4. The van der Waals surface area contributed by atoms with E-state index >= 15 is 0 Å². The molecule has 0 unspecified atom stereocenters. The van der Waals surface area contributed by atoms with Crippen LogP contribution in [0.5, 0.6) is 0 Å². The number of nitrogens with zero attached hydrogens (tertiary/aromatic N) is 2. The van der Waals surface area contributed by atoms with Crippen molar-refractivity contribution in [3.8, 4) is 11.5 Å². The van der Waals surface area contributed by atoms with Gasteiger partial charge in [-0.15, -0.1) is 0 Å². The van der Waals surface area contributed by atoms with Crippen molar-refractivity contribution in [3.63, 3.8) is 0 Å². The lowest BCUT2D eigenvalue weighted by Gasteiger charge is -2.12. The minimum absolute atomic E-state index is 0.206. The highest BCUT2D eigenvalue weighted by Crippen LogP contribution is 2.31. The van der Waals surface area contributed by atoms with Crippen molar-refractivity contribution in [3.05, 3.63) is 89.1 Å². The summed E-state index contributed by atoms with van der Waals surface area (Å²) in [5, 5.41) is 5.28. The molecule has 0 saturated heterocycles. The molecule has 0 fully saturated rings. The first-order valence-electron chi connectivity index (χ1n) is 9.42. The van der Waals surface area contributed by atoms with Gasteiger partial charge >= 0.3 is 0 Å². The van der Waals surface area contributed by atoms with Crippen molar-refractivity contribution in [1.29, 1.82) is 0 Å². The van der Waals surface area contributed by atoms with E-state index < -0.39 is 0 Å². The Balaban J connectivity index is 1.52. The lowest BCUT2D eigenvalue weighted by atomic mass is 10.0. The quantitative estimate of drug-likeness (QED) is 0.379. The Morgan fingerprint density at radius 3 is 2.63 bits per heavy atom. The van der Waals surface area contributed by atoms with Crippen molar-refractivity contribution in [2.24, 2.45) is 0 Å². The van der Waals surface area contributed by atoms with E-state index in [2.05, 4.69) is 15.3 Å². The van der Waals surface area contributed by atoms with E-state index in [4.69, 9.17) is 16.0 Å². The SMILES string of the molecule is Cc1c(NC(=O)c2cccc3c(Cl)cccc23)cccc1-c1nc2ncccc2o1. The monoisotopic (exact) mass is 413 g/mol. The number of benzene rings is 3. The van der Waals surface area contributed by atoms with Gasteiger partial charge in [-0.25, -0.2) is 4.98 Å². The smallest absolute Gasteiger partial charge is 0.256 e. The van der Waals surface area contributed by atoms with E-state index in [-0.39, 0.29) is 5.91 Å². The number of fused-ring (bicyclic) bond motifs is 2. The second kappa shape index (κ2) is 7.28. The van der Waals surface area contributed by atoms with Gasteiger partial charge in [0.15, 0.2) is 11.2 Å². The molecule has 5 aromatic rings. The zero-order chi connectivity index (χ0) is 20.7. The first kappa shape index (κ1) is 18.3. The van der Waals surface area contributed by atoms with Crippen LogP contribution in [0, 0.1) is 6.92 Å². The van der Waals surface area contributed by atoms with Crippen LogP contribution in [0.15, 0.2) is 77.3 Å². The van der Waals surface area contributed by atoms with Crippen LogP contribution in [0.2, 0.25) is 5.02 Å². The fourth-order valence-corrected chi connectivity index (χ4v) is 3.78. The number of carbonyl (C=O) groups is 1. The van der Waals surface area contributed by atoms with E-state index in [0.29, 0.717) is 33.4 Å². The Bertz CT molecular complexity index is 1390. The molecular weight excluding hydrogens is 398 g/mol. The minimum Gasteiger partial charge on any atom is -0.434 e. The molecule has 0 spiro atoms. The van der Waals surface area contributed by atoms with Crippen LogP contribution >= 0.6 is 11.6 Å². The number of oxazole rings is 1. The normalized spacial score (nSPS) is 11.1. The van der Waals surface area contributed by atoms with Crippen LogP contribution in [0.3, 0.4) is 0 Å². The van der Waals surface area contributed by atoms with Gasteiger partial charge in [0.05, 0.1) is 0 Å². The zero-order valence-electron chi connectivity index (χ0n) is 16.0. The van der Waals surface area contributed by atoms with Gasteiger partial charge in [-0.3, -0.25) is 4.79 Å². The van der Waals surface area contributed by atoms with Crippen molar-refractivity contribution in [2.75, 3.05) is 5.32 Å². The van der Waals surface area contributed by atoms with Crippen molar-refractivity contribution >= 4 is 45.2 Å². The largest absolute Gasteiger partial charge is 0.434 e. The molecule has 5 rings (SSSR count). The summed E-state index contributed by atoms with van der Waals surface area (Å²) in [6.45, 7) is 1.92. The summed E-state index contributed by atoms with van der Waals surface area (Å²) in [5.41, 5.74) is 4.07. The highest BCUT2D eigenvalue weighted by atomic mass is 35.5. The van der Waals surface area contributed by atoms with E-state index in [0.717, 1.165) is 21.9 Å². The molecule has 146 valence electrons. The average Bonchev–Trinajstić information content (AvgIpc) is 3.19. The molecule has 1 N–H and O–H groups in total. The number of carbonyl (C=O) groups excluding carboxylic acids is 1. The predicted octanol–water partition coefficient (Wildman–Crippen LogP) is 6.26. The molecule has 5 nitrogen and oxygen atoms in total. The predicted molar refractivity (Wildman–Crippen MR) is 119 cm³/mol. The van der Waals surface area contributed by atoms with Gasteiger partial charge < -0.3 is 9.73 Å². The summed E-state index contributed by atoms with van der Waals surface area (Å²) in [6.07, 6.45) is 1.68. The Labute approximate surface area is 177 Å². The fourth-order valence-electron chi connectivity index (χ4n) is 3.55. The van der Waals surface area contributed by atoms with Gasteiger partial charge in [-0.1, -0.05) is 41.9 Å². The van der Waals surface area contributed by atoms with E-state index in [1.165, 1.54) is 0 Å². The molecule has 0 aliphatic carbocycles. The number of aromatic nitrogens is 2. The van der Waals surface area contributed by atoms with E-state index in [9.17, 15) is 4.79 Å². The molecule has 3 aromatic carbocycles. The lowest BCUT2D eigenvalue weighted by molar-refractivity contribution is 0.102. The molecule has 0 atom stereocenters. The van der Waals surface area contributed by atoms with E-state index in [1.54, 1.807) is 18.3 Å². The number of anilines is 1. The van der Waals surface area contributed by atoms with Gasteiger partial charge in [0.25, 0.3) is 5.91 Å². The number of rotatable bonds is 3. The average molecular weight is 414 g/mol. The molecule has 0 aliphatic heterocycles. The molecular formula is C24H16ClN3O2. The summed E-state index contributed by atoms with van der Waals surface area (Å²) in [5.74, 6) is 0.261. The Hall–Kier alpha value is -3.70. The third-order valence-corrected chi connectivity index (χ3v) is 5.42. The van der Waals surface area contributed by atoms with Gasteiger partial charge in [-0.05, 0) is 54.3 Å². The van der Waals surface area contributed by atoms with Crippen LogP contribution in [-0.4, -0.2) is 15.9 Å². The summed E-state index contributed by atoms with van der Waals surface area (Å²) in [4.78, 5) is 21.8. The first-order chi connectivity index (χ1) is 14.6. The standard InChI is InChI=1S/C24H16ClN3O2/c1-14-15(24-28-22-21(30-24)12-5-13-26-22)6-4-11-20(14)27-23(29)18-9-2-8-17-16(18)7-3-10-19(17)25/h2-13H,1H3,(H,27,29). The van der Waals surface area contributed by atoms with Gasteiger partial charge in [0.1, 0.15) is 0 Å². The van der Waals surface area contributed by atoms with Crippen LogP contribution in [-0.2, 0) is 0 Å². The topological polar surface area (TPSA) is 68.0 Å². The van der Waals surface area contributed by atoms with Crippen LogP contribution in [0.1, 0.15) is 15.9 Å². The van der Waals surface area contributed by atoms with Crippen LogP contribution in [0.25, 0.3) is 33.5 Å². The maximum absolute atomic E-state index is 13.1. The molecule has 1 amide bonds. The van der Waals surface area contributed by atoms with Crippen LogP contribution in [0.4, 0.5) is 5.69 Å². The first-order valence-corrected chi connectivity index (χ1v) is 9.80. The zero-order valence-corrected chi connectivity index (χ0v) is 16.8. The highest BCUT2D eigenvalue weighted by Gasteiger charge is 2.16. The van der Waals surface area contributed by atoms with Gasteiger partial charge in [0, 0.05) is 33.4 Å². The second-order valence-electron chi connectivity index (χ2n) is 6.92. The van der Waals surface area contributed by atoms with Gasteiger partial charge in [0.2, 0.25) is 5.89 Å². The summed E-state index contributed by atoms with van der Waals surface area (Å²) >= 11 is 6.29. The Kier molecular flexibility index (Phi) is 4.45. The number of nitrogens with one attached hydrogen (secondary N) is 1. The van der Waals surface area contributed by atoms with E-state index in [1.807, 2.05) is 61.5 Å². The maximum Gasteiger partial charge on any atom is 0.256 e. The number of pyridine rings is 1. The summed E-state index contributed by atoms with van der Waals surface area (Å²) < 4.78 is 5.85. The number of hydrogen-bond donors (Lipinski definition) is 1. The number of halogens is 1. The molecule has 6 heteroatoms. The maximum atomic E-state index is 13.1. The third-order valence-electron chi connectivity index (χ3n) is 5.09. The van der Waals surface area contributed by atoms with Crippen molar-refractivity contribution in [2.45, 2.75) is 6.92 Å². The lowest BCUT2D eigenvalue weighted by Crippen LogP contribution is -2.13. The summed E-state index contributed by atoms with van der Waals surface area (Å²) in [6, 6.07) is 20.3. The Morgan fingerprint density at radius 1 is 0.967 bits per heavy atom. The third kappa shape index (κ3) is 3.09. The second-order valence-corrected chi connectivity index (χ2v) is 7.32. The van der Waals surface area contributed by atoms with Crippen LogP contribution < -0.4 is 5.32 Å². The molecule has 2 aromatic heterocycles. The molecule has 30 heavy (non-hydrogen) atoms. The van der Waals surface area contributed by atoms with Crippen molar-refractivity contribution in [1.82, 2.24) is 9.97 Å². The molecule has 0 saturated carbocycles. The highest BCUT2D eigenvalue weighted by molar-refractivity contribution is 6.36. The molecule has 0 aliphatic rings. The Morgan fingerprint density at radius 2 is 1.77 bits per heavy atom. The summed E-state index contributed by atoms with van der Waals surface area (Å²) in [7, 11) is 0. The molecule has 0 bridgehead atoms. The van der Waals surface area contributed by atoms with Crippen molar-refractivity contribution < 1.29 is 9.21 Å². The minimum atomic E-state index is -0.206. The molecule has 2 heterocycles. The molecule has 0 radical (unpaired) electrons.